The molecular weight excluding hydrogens is 246 g/mol. The van der Waals surface area contributed by atoms with E-state index in [0.29, 0.717) is 18.7 Å². The standard InChI is InChI=1S/C15H16F2N2/c16-12-6-7-13(14(17)10-12)15(19-9-8-18)11-4-2-1-3-5-11/h1-7,10,15,19H,8-9,18H2. The third-order valence-corrected chi connectivity index (χ3v) is 2.90. The Kier molecular flexibility index (Phi) is 4.60. The van der Waals surface area contributed by atoms with E-state index in [1.807, 2.05) is 30.3 Å². The predicted molar refractivity (Wildman–Crippen MR) is 71.7 cm³/mol. The van der Waals surface area contributed by atoms with Crippen molar-refractivity contribution in [3.05, 3.63) is 71.3 Å². The van der Waals surface area contributed by atoms with Gasteiger partial charge in [-0.05, 0) is 11.6 Å². The van der Waals surface area contributed by atoms with Crippen LogP contribution < -0.4 is 11.1 Å². The summed E-state index contributed by atoms with van der Waals surface area (Å²) in [5, 5.41) is 3.17. The van der Waals surface area contributed by atoms with Crippen molar-refractivity contribution in [2.75, 3.05) is 13.1 Å². The van der Waals surface area contributed by atoms with Crippen LogP contribution in [0.15, 0.2) is 48.5 Å². The highest BCUT2D eigenvalue weighted by Gasteiger charge is 2.17. The molecule has 0 saturated heterocycles. The van der Waals surface area contributed by atoms with E-state index in [1.165, 1.54) is 12.1 Å². The third-order valence-electron chi connectivity index (χ3n) is 2.90. The maximum atomic E-state index is 13.9. The lowest BCUT2D eigenvalue weighted by atomic mass is 9.98. The molecule has 0 spiro atoms. The monoisotopic (exact) mass is 262 g/mol. The van der Waals surface area contributed by atoms with Gasteiger partial charge in [-0.25, -0.2) is 8.78 Å². The Morgan fingerprint density at radius 3 is 2.42 bits per heavy atom. The minimum Gasteiger partial charge on any atom is -0.329 e. The van der Waals surface area contributed by atoms with Crippen molar-refractivity contribution < 1.29 is 8.78 Å². The second kappa shape index (κ2) is 6.41. The van der Waals surface area contributed by atoms with Gasteiger partial charge in [0.1, 0.15) is 11.6 Å². The molecule has 19 heavy (non-hydrogen) atoms. The second-order valence-corrected chi connectivity index (χ2v) is 4.25. The van der Waals surface area contributed by atoms with Crippen LogP contribution in [0, 0.1) is 11.6 Å². The van der Waals surface area contributed by atoms with E-state index in [4.69, 9.17) is 5.73 Å². The van der Waals surface area contributed by atoms with Gasteiger partial charge >= 0.3 is 0 Å². The highest BCUT2D eigenvalue weighted by molar-refractivity contribution is 5.32. The molecule has 2 rings (SSSR count). The molecule has 0 aromatic heterocycles. The zero-order chi connectivity index (χ0) is 13.7. The molecule has 2 aromatic rings. The molecule has 0 aliphatic rings. The number of nitrogens with two attached hydrogens (primary N) is 1. The molecule has 0 radical (unpaired) electrons. The summed E-state index contributed by atoms with van der Waals surface area (Å²) in [6, 6.07) is 12.8. The van der Waals surface area contributed by atoms with Crippen molar-refractivity contribution >= 4 is 0 Å². The van der Waals surface area contributed by atoms with Gasteiger partial charge in [-0.15, -0.1) is 0 Å². The van der Waals surface area contributed by atoms with Crippen molar-refractivity contribution in [3.8, 4) is 0 Å². The van der Waals surface area contributed by atoms with Crippen LogP contribution in [0.1, 0.15) is 17.2 Å². The van der Waals surface area contributed by atoms with Gasteiger partial charge in [0.2, 0.25) is 0 Å². The Labute approximate surface area is 111 Å². The number of benzene rings is 2. The van der Waals surface area contributed by atoms with Gasteiger partial charge in [-0.1, -0.05) is 36.4 Å². The van der Waals surface area contributed by atoms with Crippen LogP contribution in [0.5, 0.6) is 0 Å². The topological polar surface area (TPSA) is 38.0 Å². The van der Waals surface area contributed by atoms with Gasteiger partial charge in [0.15, 0.2) is 0 Å². The molecule has 2 nitrogen and oxygen atoms in total. The normalized spacial score (nSPS) is 12.4. The minimum atomic E-state index is -0.577. The van der Waals surface area contributed by atoms with Gasteiger partial charge in [-0.2, -0.15) is 0 Å². The van der Waals surface area contributed by atoms with Crippen LogP contribution in [0.3, 0.4) is 0 Å². The second-order valence-electron chi connectivity index (χ2n) is 4.25. The fourth-order valence-electron chi connectivity index (χ4n) is 2.02. The summed E-state index contributed by atoms with van der Waals surface area (Å²) in [5.41, 5.74) is 6.81. The summed E-state index contributed by atoms with van der Waals surface area (Å²) in [6.45, 7) is 1.00. The average molecular weight is 262 g/mol. The largest absolute Gasteiger partial charge is 0.329 e. The summed E-state index contributed by atoms with van der Waals surface area (Å²) >= 11 is 0. The molecule has 3 N–H and O–H groups in total. The Hall–Kier alpha value is -1.78. The maximum absolute atomic E-state index is 13.9. The van der Waals surface area contributed by atoms with Crippen LogP contribution in [0.25, 0.3) is 0 Å². The molecule has 0 amide bonds. The first-order chi connectivity index (χ1) is 9.22. The van der Waals surface area contributed by atoms with Crippen LogP contribution >= 0.6 is 0 Å². The van der Waals surface area contributed by atoms with E-state index in [0.717, 1.165) is 11.6 Å². The van der Waals surface area contributed by atoms with E-state index in [-0.39, 0.29) is 6.04 Å². The molecule has 0 fully saturated rings. The molecular formula is C15H16F2N2. The first kappa shape index (κ1) is 13.6. The SMILES string of the molecule is NCCNC(c1ccccc1)c1ccc(F)cc1F. The zero-order valence-corrected chi connectivity index (χ0v) is 10.4. The van der Waals surface area contributed by atoms with Crippen LogP contribution in [0.4, 0.5) is 8.78 Å². The molecule has 2 aromatic carbocycles. The number of rotatable bonds is 5. The molecule has 0 bridgehead atoms. The molecule has 1 unspecified atom stereocenters. The average Bonchev–Trinajstić information content (AvgIpc) is 2.42. The lowest BCUT2D eigenvalue weighted by molar-refractivity contribution is 0.536. The number of halogens is 2. The highest BCUT2D eigenvalue weighted by atomic mass is 19.1. The summed E-state index contributed by atoms with van der Waals surface area (Å²) in [6.07, 6.45) is 0. The quantitative estimate of drug-likeness (QED) is 0.869. The first-order valence-corrected chi connectivity index (χ1v) is 6.15. The molecule has 4 heteroatoms. The van der Waals surface area contributed by atoms with Crippen LogP contribution in [-0.2, 0) is 0 Å². The highest BCUT2D eigenvalue weighted by Crippen LogP contribution is 2.24. The van der Waals surface area contributed by atoms with E-state index < -0.39 is 11.6 Å². The van der Waals surface area contributed by atoms with Crippen molar-refractivity contribution in [1.29, 1.82) is 0 Å². The first-order valence-electron chi connectivity index (χ1n) is 6.15. The summed E-state index contributed by atoms with van der Waals surface area (Å²) in [7, 11) is 0. The Balaban J connectivity index is 2.37. The Bertz CT molecular complexity index is 529. The Morgan fingerprint density at radius 2 is 1.79 bits per heavy atom. The molecule has 0 aliphatic carbocycles. The zero-order valence-electron chi connectivity index (χ0n) is 10.4. The third kappa shape index (κ3) is 3.36. The van der Waals surface area contributed by atoms with E-state index in [1.54, 1.807) is 0 Å². The predicted octanol–water partition coefficient (Wildman–Crippen LogP) is 2.60. The van der Waals surface area contributed by atoms with Crippen molar-refractivity contribution in [3.63, 3.8) is 0 Å². The van der Waals surface area contributed by atoms with Gasteiger partial charge < -0.3 is 11.1 Å². The summed E-state index contributed by atoms with van der Waals surface area (Å²) in [4.78, 5) is 0. The summed E-state index contributed by atoms with van der Waals surface area (Å²) < 4.78 is 26.9. The van der Waals surface area contributed by atoms with Gasteiger partial charge in [0.25, 0.3) is 0 Å². The minimum absolute atomic E-state index is 0.328. The van der Waals surface area contributed by atoms with Crippen molar-refractivity contribution in [1.82, 2.24) is 5.32 Å². The van der Waals surface area contributed by atoms with Gasteiger partial charge in [0.05, 0.1) is 6.04 Å². The lowest BCUT2D eigenvalue weighted by Gasteiger charge is -2.20. The van der Waals surface area contributed by atoms with E-state index in [2.05, 4.69) is 5.32 Å². The number of hydrogen-bond donors (Lipinski definition) is 2. The molecule has 0 saturated carbocycles. The molecule has 100 valence electrons. The number of nitrogens with one attached hydrogen (secondary N) is 1. The van der Waals surface area contributed by atoms with Crippen molar-refractivity contribution in [2.24, 2.45) is 5.73 Å². The van der Waals surface area contributed by atoms with Crippen LogP contribution in [-0.4, -0.2) is 13.1 Å². The molecule has 0 aliphatic heterocycles. The van der Waals surface area contributed by atoms with Gasteiger partial charge in [0, 0.05) is 24.7 Å². The van der Waals surface area contributed by atoms with Gasteiger partial charge in [-0.3, -0.25) is 0 Å². The number of hydrogen-bond acceptors (Lipinski definition) is 2. The van der Waals surface area contributed by atoms with E-state index in [9.17, 15) is 8.78 Å². The fraction of sp³-hybridized carbons (Fsp3) is 0.200. The molecule has 1 atom stereocenters. The lowest BCUT2D eigenvalue weighted by Crippen LogP contribution is -2.28. The molecule has 0 heterocycles. The van der Waals surface area contributed by atoms with Crippen molar-refractivity contribution in [2.45, 2.75) is 6.04 Å². The van der Waals surface area contributed by atoms with E-state index >= 15 is 0 Å². The fourth-order valence-corrected chi connectivity index (χ4v) is 2.02. The smallest absolute Gasteiger partial charge is 0.131 e. The maximum Gasteiger partial charge on any atom is 0.131 e. The van der Waals surface area contributed by atoms with Crippen LogP contribution in [0.2, 0.25) is 0 Å². The Morgan fingerprint density at radius 1 is 1.05 bits per heavy atom. The summed E-state index contributed by atoms with van der Waals surface area (Å²) in [5.74, 6) is -1.13.